The number of nitrogens with one attached hydrogen (secondary N) is 1. The van der Waals surface area contributed by atoms with E-state index in [2.05, 4.69) is 19.2 Å². The molecular formula is C31H38ClN3O4S. The number of hydrogen-bond acceptors (Lipinski definition) is 4. The van der Waals surface area contributed by atoms with Gasteiger partial charge in [0.15, 0.2) is 0 Å². The van der Waals surface area contributed by atoms with Gasteiger partial charge in [-0.1, -0.05) is 80.9 Å². The highest BCUT2D eigenvalue weighted by Gasteiger charge is 2.33. The molecule has 214 valence electrons. The van der Waals surface area contributed by atoms with Crippen molar-refractivity contribution in [2.45, 2.75) is 70.5 Å². The molecule has 0 spiro atoms. The van der Waals surface area contributed by atoms with Gasteiger partial charge in [0.25, 0.3) is 10.0 Å². The molecule has 2 atom stereocenters. The molecule has 0 aliphatic carbocycles. The number of halogens is 1. The molecule has 3 aromatic carbocycles. The van der Waals surface area contributed by atoms with E-state index < -0.39 is 28.5 Å². The van der Waals surface area contributed by atoms with E-state index >= 15 is 0 Å². The van der Waals surface area contributed by atoms with Gasteiger partial charge in [-0.25, -0.2) is 8.42 Å². The maximum atomic E-state index is 14.0. The maximum absolute atomic E-state index is 14.0. The molecule has 0 bridgehead atoms. The molecule has 7 nitrogen and oxygen atoms in total. The summed E-state index contributed by atoms with van der Waals surface area (Å²) in [5.74, 6) is -0.599. The zero-order chi connectivity index (χ0) is 29.4. The molecule has 2 amide bonds. The van der Waals surface area contributed by atoms with Gasteiger partial charge in [0.1, 0.15) is 12.6 Å². The summed E-state index contributed by atoms with van der Waals surface area (Å²) in [4.78, 5) is 28.6. The van der Waals surface area contributed by atoms with Gasteiger partial charge < -0.3 is 10.2 Å². The van der Waals surface area contributed by atoms with Gasteiger partial charge in [-0.05, 0) is 67.6 Å². The standard InChI is InChI=1S/C31H38ClN3O4S/c1-6-23(4)33-31(37)24(5)34(20-26-12-10-11-15-29(26)32)30(36)21-35(27-18-16-25(17-19-27)22(2)3)40(38,39)28-13-8-7-9-14-28/h7-19,22-24H,6,20-21H2,1-5H3,(H,33,37). The third kappa shape index (κ3) is 7.64. The summed E-state index contributed by atoms with van der Waals surface area (Å²) >= 11 is 6.41. The fourth-order valence-electron chi connectivity index (χ4n) is 4.13. The number of benzene rings is 3. The summed E-state index contributed by atoms with van der Waals surface area (Å²) in [6.07, 6.45) is 0.729. The molecule has 1 N–H and O–H groups in total. The van der Waals surface area contributed by atoms with Crippen molar-refractivity contribution in [1.82, 2.24) is 10.2 Å². The molecular weight excluding hydrogens is 546 g/mol. The van der Waals surface area contributed by atoms with Crippen molar-refractivity contribution in [3.8, 4) is 0 Å². The first-order chi connectivity index (χ1) is 18.9. The molecule has 0 aliphatic heterocycles. The molecule has 0 aliphatic rings. The maximum Gasteiger partial charge on any atom is 0.264 e. The molecule has 0 saturated heterocycles. The van der Waals surface area contributed by atoms with Gasteiger partial charge in [-0.3, -0.25) is 13.9 Å². The average Bonchev–Trinajstić information content (AvgIpc) is 2.95. The minimum absolute atomic E-state index is 0.0408. The van der Waals surface area contributed by atoms with Crippen LogP contribution in [0.3, 0.4) is 0 Å². The van der Waals surface area contributed by atoms with Crippen molar-refractivity contribution in [2.24, 2.45) is 0 Å². The summed E-state index contributed by atoms with van der Waals surface area (Å²) in [7, 11) is -4.11. The highest BCUT2D eigenvalue weighted by atomic mass is 35.5. The highest BCUT2D eigenvalue weighted by molar-refractivity contribution is 7.92. The molecule has 0 aromatic heterocycles. The lowest BCUT2D eigenvalue weighted by Gasteiger charge is -2.32. The molecule has 40 heavy (non-hydrogen) atoms. The zero-order valence-electron chi connectivity index (χ0n) is 23.7. The fraction of sp³-hybridized carbons (Fsp3) is 0.355. The Hall–Kier alpha value is -3.36. The summed E-state index contributed by atoms with van der Waals surface area (Å²) in [6.45, 7) is 9.13. The Labute approximate surface area is 243 Å². The van der Waals surface area contributed by atoms with E-state index in [1.165, 1.54) is 17.0 Å². The van der Waals surface area contributed by atoms with Gasteiger partial charge >= 0.3 is 0 Å². The lowest BCUT2D eigenvalue weighted by Crippen LogP contribution is -2.52. The van der Waals surface area contributed by atoms with Crippen LogP contribution in [-0.4, -0.2) is 43.8 Å². The van der Waals surface area contributed by atoms with E-state index in [1.54, 1.807) is 61.5 Å². The number of carbonyl (C=O) groups excluding carboxylic acids is 2. The van der Waals surface area contributed by atoms with Gasteiger partial charge in [0, 0.05) is 17.6 Å². The van der Waals surface area contributed by atoms with Crippen LogP contribution < -0.4 is 9.62 Å². The van der Waals surface area contributed by atoms with E-state index in [1.807, 2.05) is 26.0 Å². The summed E-state index contributed by atoms with van der Waals surface area (Å²) in [6, 6.07) is 21.3. The number of anilines is 1. The lowest BCUT2D eigenvalue weighted by molar-refractivity contribution is -0.139. The Morgan fingerprint density at radius 1 is 0.875 bits per heavy atom. The van der Waals surface area contributed by atoms with Crippen LogP contribution in [0.2, 0.25) is 5.02 Å². The molecule has 3 rings (SSSR count). The molecule has 9 heteroatoms. The van der Waals surface area contributed by atoms with Crippen molar-refractivity contribution in [3.63, 3.8) is 0 Å². The van der Waals surface area contributed by atoms with E-state index in [0.29, 0.717) is 16.3 Å². The molecule has 0 fully saturated rings. The molecule has 0 saturated carbocycles. The first-order valence-electron chi connectivity index (χ1n) is 13.5. The topological polar surface area (TPSA) is 86.8 Å². The van der Waals surface area contributed by atoms with Crippen LogP contribution in [0.1, 0.15) is 58.1 Å². The average molecular weight is 584 g/mol. The van der Waals surface area contributed by atoms with Crippen LogP contribution in [0.15, 0.2) is 83.8 Å². The predicted octanol–water partition coefficient (Wildman–Crippen LogP) is 5.99. The normalized spacial score (nSPS) is 13.0. The van der Waals surface area contributed by atoms with E-state index in [9.17, 15) is 18.0 Å². The van der Waals surface area contributed by atoms with Crippen molar-refractivity contribution in [2.75, 3.05) is 10.8 Å². The van der Waals surface area contributed by atoms with Crippen molar-refractivity contribution in [3.05, 3.63) is 95.0 Å². The van der Waals surface area contributed by atoms with Crippen molar-refractivity contribution in [1.29, 1.82) is 0 Å². The Morgan fingerprint density at radius 3 is 2.05 bits per heavy atom. The van der Waals surface area contributed by atoms with Crippen molar-refractivity contribution >= 4 is 39.1 Å². The molecule has 0 heterocycles. The van der Waals surface area contributed by atoms with Gasteiger partial charge in [-0.2, -0.15) is 0 Å². The Kier molecular flexibility index (Phi) is 10.8. The second kappa shape index (κ2) is 13.8. The van der Waals surface area contributed by atoms with Gasteiger partial charge in [0.05, 0.1) is 10.6 Å². The van der Waals surface area contributed by atoms with Crippen LogP contribution in [0.5, 0.6) is 0 Å². The van der Waals surface area contributed by atoms with E-state index in [0.717, 1.165) is 16.3 Å². The Bertz CT molecular complexity index is 1400. The summed E-state index contributed by atoms with van der Waals surface area (Å²) in [5, 5.41) is 3.38. The number of sulfonamides is 1. The van der Waals surface area contributed by atoms with Crippen LogP contribution in [-0.2, 0) is 26.2 Å². The Balaban J connectivity index is 2.04. The van der Waals surface area contributed by atoms with Crippen molar-refractivity contribution < 1.29 is 18.0 Å². The highest BCUT2D eigenvalue weighted by Crippen LogP contribution is 2.27. The minimum Gasteiger partial charge on any atom is -0.352 e. The van der Waals surface area contributed by atoms with Gasteiger partial charge in [-0.15, -0.1) is 0 Å². The number of amides is 2. The minimum atomic E-state index is -4.11. The zero-order valence-corrected chi connectivity index (χ0v) is 25.2. The first-order valence-corrected chi connectivity index (χ1v) is 15.3. The Morgan fingerprint density at radius 2 is 1.48 bits per heavy atom. The van der Waals surface area contributed by atoms with Crippen LogP contribution >= 0.6 is 11.6 Å². The van der Waals surface area contributed by atoms with Crippen LogP contribution in [0.25, 0.3) is 0 Å². The first kappa shape index (κ1) is 31.2. The third-order valence-corrected chi connectivity index (χ3v) is 9.08. The van der Waals surface area contributed by atoms with Gasteiger partial charge in [0.2, 0.25) is 11.8 Å². The third-order valence-electron chi connectivity index (χ3n) is 6.92. The number of hydrogen-bond donors (Lipinski definition) is 1. The quantitative estimate of drug-likeness (QED) is 0.284. The second-order valence-electron chi connectivity index (χ2n) is 10.2. The smallest absolute Gasteiger partial charge is 0.264 e. The number of carbonyl (C=O) groups is 2. The fourth-order valence-corrected chi connectivity index (χ4v) is 5.76. The van der Waals surface area contributed by atoms with E-state index in [4.69, 9.17) is 11.6 Å². The second-order valence-corrected chi connectivity index (χ2v) is 12.4. The van der Waals surface area contributed by atoms with Crippen LogP contribution in [0, 0.1) is 0 Å². The predicted molar refractivity (Wildman–Crippen MR) is 161 cm³/mol. The molecule has 0 radical (unpaired) electrons. The summed E-state index contributed by atoms with van der Waals surface area (Å²) < 4.78 is 28.8. The summed E-state index contributed by atoms with van der Waals surface area (Å²) in [5.41, 5.74) is 2.05. The monoisotopic (exact) mass is 583 g/mol. The molecule has 3 aromatic rings. The molecule has 2 unspecified atom stereocenters. The number of nitrogens with zero attached hydrogens (tertiary/aromatic N) is 2. The lowest BCUT2D eigenvalue weighted by atomic mass is 10.0. The number of rotatable bonds is 12. The van der Waals surface area contributed by atoms with Crippen LogP contribution in [0.4, 0.5) is 5.69 Å². The SMILES string of the molecule is CCC(C)NC(=O)C(C)N(Cc1ccccc1Cl)C(=O)CN(c1ccc(C(C)C)cc1)S(=O)(=O)c1ccccc1. The van der Waals surface area contributed by atoms with E-state index in [-0.39, 0.29) is 29.3 Å². The largest absolute Gasteiger partial charge is 0.352 e.